The molecule has 2 atom stereocenters. The second-order valence-electron chi connectivity index (χ2n) is 5.65. The second kappa shape index (κ2) is 6.98. The SMILES string of the molecule is CC1OCCC1N(CCO)CCSC(C)(C)C. The summed E-state index contributed by atoms with van der Waals surface area (Å²) in [5.74, 6) is 1.12. The number of thioether (sulfide) groups is 1. The maximum absolute atomic E-state index is 9.15. The van der Waals surface area contributed by atoms with Gasteiger partial charge in [-0.1, -0.05) is 20.8 Å². The fourth-order valence-electron chi connectivity index (χ4n) is 2.24. The summed E-state index contributed by atoms with van der Waals surface area (Å²) in [5, 5.41) is 9.15. The molecule has 1 heterocycles. The molecule has 102 valence electrons. The molecule has 1 N–H and O–H groups in total. The van der Waals surface area contributed by atoms with Crippen molar-refractivity contribution in [2.24, 2.45) is 0 Å². The molecule has 17 heavy (non-hydrogen) atoms. The van der Waals surface area contributed by atoms with Gasteiger partial charge in [-0.2, -0.15) is 11.8 Å². The fraction of sp³-hybridized carbons (Fsp3) is 1.00. The molecule has 1 fully saturated rings. The fourth-order valence-corrected chi connectivity index (χ4v) is 3.18. The zero-order valence-corrected chi connectivity index (χ0v) is 12.4. The molecule has 1 saturated heterocycles. The molecule has 2 unspecified atom stereocenters. The summed E-state index contributed by atoms with van der Waals surface area (Å²) in [5.41, 5.74) is 0. The van der Waals surface area contributed by atoms with Crippen LogP contribution < -0.4 is 0 Å². The van der Waals surface area contributed by atoms with E-state index in [1.807, 2.05) is 11.8 Å². The molecule has 0 aromatic carbocycles. The third kappa shape index (κ3) is 5.60. The van der Waals surface area contributed by atoms with Gasteiger partial charge in [0, 0.05) is 36.2 Å². The number of hydrogen-bond acceptors (Lipinski definition) is 4. The molecule has 4 heteroatoms. The van der Waals surface area contributed by atoms with E-state index in [1.165, 1.54) is 0 Å². The third-order valence-corrected chi connectivity index (χ3v) is 4.36. The number of rotatable bonds is 6. The van der Waals surface area contributed by atoms with Crippen LogP contribution in [0.2, 0.25) is 0 Å². The van der Waals surface area contributed by atoms with E-state index < -0.39 is 0 Å². The van der Waals surface area contributed by atoms with Crippen molar-refractivity contribution in [2.45, 2.75) is 51.0 Å². The van der Waals surface area contributed by atoms with Crippen molar-refractivity contribution in [3.63, 3.8) is 0 Å². The van der Waals surface area contributed by atoms with E-state index in [4.69, 9.17) is 9.84 Å². The zero-order chi connectivity index (χ0) is 12.9. The van der Waals surface area contributed by atoms with Crippen LogP contribution in [0, 0.1) is 0 Å². The average molecular weight is 261 g/mol. The number of nitrogens with zero attached hydrogens (tertiary/aromatic N) is 1. The predicted molar refractivity (Wildman–Crippen MR) is 74.7 cm³/mol. The maximum Gasteiger partial charge on any atom is 0.0703 e. The first-order valence-corrected chi connectivity index (χ1v) is 7.53. The summed E-state index contributed by atoms with van der Waals surface area (Å²) >= 11 is 1.98. The quantitative estimate of drug-likeness (QED) is 0.792. The Bertz CT molecular complexity index is 218. The first-order valence-electron chi connectivity index (χ1n) is 6.54. The van der Waals surface area contributed by atoms with Gasteiger partial charge in [-0.15, -0.1) is 0 Å². The van der Waals surface area contributed by atoms with Gasteiger partial charge < -0.3 is 9.84 Å². The second-order valence-corrected chi connectivity index (χ2v) is 7.57. The molecule has 1 aliphatic rings. The Kier molecular flexibility index (Phi) is 6.27. The number of aliphatic hydroxyl groups is 1. The van der Waals surface area contributed by atoms with Gasteiger partial charge in [-0.05, 0) is 13.3 Å². The van der Waals surface area contributed by atoms with Gasteiger partial charge in [0.15, 0.2) is 0 Å². The molecule has 3 nitrogen and oxygen atoms in total. The topological polar surface area (TPSA) is 32.7 Å². The summed E-state index contributed by atoms with van der Waals surface area (Å²) in [6.07, 6.45) is 1.41. The van der Waals surface area contributed by atoms with Crippen LogP contribution >= 0.6 is 11.8 Å². The van der Waals surface area contributed by atoms with Crippen LogP contribution in [0.25, 0.3) is 0 Å². The molecule has 0 aliphatic carbocycles. The van der Waals surface area contributed by atoms with Crippen molar-refractivity contribution in [3.8, 4) is 0 Å². The van der Waals surface area contributed by atoms with Crippen molar-refractivity contribution in [3.05, 3.63) is 0 Å². The molecule has 0 aromatic rings. The maximum atomic E-state index is 9.15. The van der Waals surface area contributed by atoms with Crippen LogP contribution in [0.5, 0.6) is 0 Å². The van der Waals surface area contributed by atoms with Gasteiger partial charge in [-0.25, -0.2) is 0 Å². The van der Waals surface area contributed by atoms with E-state index in [2.05, 4.69) is 32.6 Å². The highest BCUT2D eigenvalue weighted by atomic mass is 32.2. The van der Waals surface area contributed by atoms with Gasteiger partial charge in [0.25, 0.3) is 0 Å². The highest BCUT2D eigenvalue weighted by Gasteiger charge is 2.29. The van der Waals surface area contributed by atoms with E-state index in [1.54, 1.807) is 0 Å². The van der Waals surface area contributed by atoms with Crippen molar-refractivity contribution in [1.82, 2.24) is 4.90 Å². The molecule has 0 bridgehead atoms. The Morgan fingerprint density at radius 1 is 1.35 bits per heavy atom. The van der Waals surface area contributed by atoms with Crippen molar-refractivity contribution in [2.75, 3.05) is 32.1 Å². The van der Waals surface area contributed by atoms with E-state index in [0.29, 0.717) is 16.9 Å². The van der Waals surface area contributed by atoms with Gasteiger partial charge in [0.05, 0.1) is 12.7 Å². The lowest BCUT2D eigenvalue weighted by Gasteiger charge is -2.31. The molecule has 0 spiro atoms. The molecular weight excluding hydrogens is 234 g/mol. The van der Waals surface area contributed by atoms with E-state index >= 15 is 0 Å². The lowest BCUT2D eigenvalue weighted by molar-refractivity contribution is 0.0687. The molecule has 1 aliphatic heterocycles. The Balaban J connectivity index is 2.37. The molecule has 0 radical (unpaired) electrons. The van der Waals surface area contributed by atoms with Gasteiger partial charge in [-0.3, -0.25) is 4.90 Å². The van der Waals surface area contributed by atoms with Crippen LogP contribution in [-0.4, -0.2) is 59.0 Å². The number of aliphatic hydroxyl groups excluding tert-OH is 1. The Morgan fingerprint density at radius 2 is 2.06 bits per heavy atom. The lowest BCUT2D eigenvalue weighted by atomic mass is 10.1. The van der Waals surface area contributed by atoms with Crippen LogP contribution in [0.3, 0.4) is 0 Å². The predicted octanol–water partition coefficient (Wildman–Crippen LogP) is 1.99. The summed E-state index contributed by atoms with van der Waals surface area (Å²) < 4.78 is 5.93. The highest BCUT2D eigenvalue weighted by Crippen LogP contribution is 2.24. The molecule has 1 rings (SSSR count). The van der Waals surface area contributed by atoms with Crippen LogP contribution in [0.4, 0.5) is 0 Å². The monoisotopic (exact) mass is 261 g/mol. The van der Waals surface area contributed by atoms with Gasteiger partial charge >= 0.3 is 0 Å². The Hall–Kier alpha value is 0.230. The van der Waals surface area contributed by atoms with Crippen LogP contribution in [0.1, 0.15) is 34.1 Å². The normalized spacial score (nSPS) is 25.8. The summed E-state index contributed by atoms with van der Waals surface area (Å²) in [4.78, 5) is 2.39. The first-order chi connectivity index (χ1) is 7.94. The minimum absolute atomic E-state index is 0.239. The van der Waals surface area contributed by atoms with Crippen molar-refractivity contribution < 1.29 is 9.84 Å². The van der Waals surface area contributed by atoms with Crippen molar-refractivity contribution >= 4 is 11.8 Å². The Labute approximate surface area is 110 Å². The minimum Gasteiger partial charge on any atom is -0.395 e. The lowest BCUT2D eigenvalue weighted by Crippen LogP contribution is -2.42. The van der Waals surface area contributed by atoms with Gasteiger partial charge in [0.1, 0.15) is 0 Å². The largest absolute Gasteiger partial charge is 0.395 e. The molecule has 0 aromatic heterocycles. The first kappa shape index (κ1) is 15.3. The van der Waals surface area contributed by atoms with Gasteiger partial charge in [0.2, 0.25) is 0 Å². The smallest absolute Gasteiger partial charge is 0.0703 e. The average Bonchev–Trinajstić information content (AvgIpc) is 2.61. The summed E-state index contributed by atoms with van der Waals surface area (Å²) in [6, 6.07) is 0.489. The number of ether oxygens (including phenoxy) is 1. The van der Waals surface area contributed by atoms with Crippen molar-refractivity contribution in [1.29, 1.82) is 0 Å². The minimum atomic E-state index is 0.239. The Morgan fingerprint density at radius 3 is 2.53 bits per heavy atom. The van der Waals surface area contributed by atoms with Crippen LogP contribution in [-0.2, 0) is 4.74 Å². The number of hydrogen-bond donors (Lipinski definition) is 1. The zero-order valence-electron chi connectivity index (χ0n) is 11.6. The molecule has 0 saturated carbocycles. The highest BCUT2D eigenvalue weighted by molar-refractivity contribution is 8.00. The molecule has 0 amide bonds. The third-order valence-electron chi connectivity index (χ3n) is 3.11. The summed E-state index contributed by atoms with van der Waals surface area (Å²) in [7, 11) is 0. The standard InChI is InChI=1S/C13H27NO2S/c1-11-12(5-9-16-11)14(6-8-15)7-10-17-13(2,3)4/h11-12,15H,5-10H2,1-4H3. The van der Waals surface area contributed by atoms with E-state index in [0.717, 1.165) is 31.9 Å². The molecular formula is C13H27NO2S. The summed E-state index contributed by atoms with van der Waals surface area (Å²) in [6.45, 7) is 11.8. The van der Waals surface area contributed by atoms with E-state index in [-0.39, 0.29) is 6.61 Å². The van der Waals surface area contributed by atoms with Crippen LogP contribution in [0.15, 0.2) is 0 Å². The van der Waals surface area contributed by atoms with E-state index in [9.17, 15) is 0 Å².